The largest absolute Gasteiger partial charge is 0.0911 e. The van der Waals surface area contributed by atoms with Crippen LogP contribution in [0.5, 0.6) is 0 Å². The van der Waals surface area contributed by atoms with Crippen molar-refractivity contribution in [3.8, 4) is 0 Å². The minimum atomic E-state index is 1.09. The van der Waals surface area contributed by atoms with Crippen LogP contribution in [0.4, 0.5) is 0 Å². The molecule has 0 radical (unpaired) electrons. The Bertz CT molecular complexity index is 433. The Labute approximate surface area is 71.9 Å². The van der Waals surface area contributed by atoms with Gasteiger partial charge in [0.25, 0.3) is 0 Å². The molecule has 0 amide bonds. The van der Waals surface area contributed by atoms with Crippen molar-refractivity contribution in [2.75, 3.05) is 0 Å². The molecule has 0 heteroatoms. The fourth-order valence-corrected chi connectivity index (χ4v) is 1.36. The van der Waals surface area contributed by atoms with Gasteiger partial charge in [0.2, 0.25) is 0 Å². The van der Waals surface area contributed by atoms with E-state index in [2.05, 4.69) is 24.8 Å². The van der Waals surface area contributed by atoms with E-state index in [1.165, 1.54) is 10.8 Å². The third-order valence-corrected chi connectivity index (χ3v) is 1.99. The fraction of sp³-hybridized carbons (Fsp3) is 0. The topological polar surface area (TPSA) is 0 Å². The number of hydrogen-bond acceptors (Lipinski definition) is 0. The van der Waals surface area contributed by atoms with E-state index in [1.807, 2.05) is 30.4 Å². The van der Waals surface area contributed by atoms with E-state index in [0.29, 0.717) is 0 Å². The van der Waals surface area contributed by atoms with Crippen LogP contribution in [0.3, 0.4) is 0 Å². The summed E-state index contributed by atoms with van der Waals surface area (Å²) in [5.41, 5.74) is 1.25. The van der Waals surface area contributed by atoms with Gasteiger partial charge in [0.1, 0.15) is 0 Å². The summed E-state index contributed by atoms with van der Waals surface area (Å²) >= 11 is 0. The summed E-state index contributed by atoms with van der Waals surface area (Å²) in [7, 11) is 0. The molecule has 2 rings (SSSR count). The highest BCUT2D eigenvalue weighted by atomic mass is 14.0. The van der Waals surface area contributed by atoms with Gasteiger partial charge in [-0.25, -0.2) is 0 Å². The molecule has 1 aliphatic carbocycles. The molecule has 0 fully saturated rings. The third-order valence-electron chi connectivity index (χ3n) is 1.99. The Hall–Kier alpha value is -1.56. The molecule has 0 nitrogen and oxygen atoms in total. The maximum Gasteiger partial charge on any atom is -0.0117 e. The predicted molar refractivity (Wildman–Crippen MR) is 52.9 cm³/mol. The molecule has 1 aromatic carbocycles. The van der Waals surface area contributed by atoms with Crippen LogP contribution in [0.25, 0.3) is 12.2 Å². The highest BCUT2D eigenvalue weighted by Crippen LogP contribution is 2.04. The van der Waals surface area contributed by atoms with E-state index in [4.69, 9.17) is 0 Å². The lowest BCUT2D eigenvalue weighted by atomic mass is 10.1. The van der Waals surface area contributed by atoms with Gasteiger partial charge in [-0.15, -0.1) is 0 Å². The molecule has 0 unspecified atom stereocenters. The maximum absolute atomic E-state index is 3.98. The first-order valence-corrected chi connectivity index (χ1v) is 4.01. The van der Waals surface area contributed by atoms with Gasteiger partial charge in [0, 0.05) is 0 Å². The zero-order chi connectivity index (χ0) is 8.39. The summed E-state index contributed by atoms with van der Waals surface area (Å²) in [6, 6.07) is 8.17. The molecule has 0 saturated carbocycles. The van der Waals surface area contributed by atoms with Crippen molar-refractivity contribution < 1.29 is 0 Å². The van der Waals surface area contributed by atoms with Crippen LogP contribution < -0.4 is 10.4 Å². The number of allylic oxidation sites excluding steroid dienone is 4. The van der Waals surface area contributed by atoms with E-state index in [9.17, 15) is 0 Å². The van der Waals surface area contributed by atoms with Crippen molar-refractivity contribution in [2.45, 2.75) is 0 Å². The second-order valence-corrected chi connectivity index (χ2v) is 2.83. The average Bonchev–Trinajstić information content (AvgIpc) is 2.57. The molecular formula is C12H10. The molecule has 0 bridgehead atoms. The molecule has 1 aromatic rings. The average molecular weight is 154 g/mol. The summed E-state index contributed by atoms with van der Waals surface area (Å²) in [6.07, 6.45) is 8.29. The van der Waals surface area contributed by atoms with Gasteiger partial charge in [-0.1, -0.05) is 55.1 Å². The molecule has 0 aromatic heterocycles. The van der Waals surface area contributed by atoms with Gasteiger partial charge in [-0.3, -0.25) is 0 Å². The normalized spacial score (nSPS) is 14.2. The summed E-state index contributed by atoms with van der Waals surface area (Å²) in [6.45, 7) is 3.98. The van der Waals surface area contributed by atoms with Gasteiger partial charge in [0.05, 0.1) is 0 Å². The van der Waals surface area contributed by atoms with E-state index < -0.39 is 0 Å². The highest BCUT2D eigenvalue weighted by Gasteiger charge is 1.92. The number of benzene rings is 1. The molecule has 0 aliphatic heterocycles. The van der Waals surface area contributed by atoms with E-state index >= 15 is 0 Å². The lowest BCUT2D eigenvalue weighted by Gasteiger charge is -1.91. The van der Waals surface area contributed by atoms with Gasteiger partial charge in [-0.2, -0.15) is 0 Å². The van der Waals surface area contributed by atoms with Gasteiger partial charge in [-0.05, 0) is 16.0 Å². The van der Waals surface area contributed by atoms with Crippen LogP contribution in [0.2, 0.25) is 0 Å². The van der Waals surface area contributed by atoms with Crippen LogP contribution in [0, 0.1) is 0 Å². The molecule has 12 heavy (non-hydrogen) atoms. The Morgan fingerprint density at radius 3 is 2.25 bits per heavy atom. The number of rotatable bonds is 0. The molecule has 0 N–H and O–H groups in total. The Morgan fingerprint density at radius 2 is 1.58 bits per heavy atom. The van der Waals surface area contributed by atoms with E-state index in [1.54, 1.807) is 0 Å². The summed E-state index contributed by atoms with van der Waals surface area (Å²) in [5.74, 6) is 0. The highest BCUT2D eigenvalue weighted by molar-refractivity contribution is 5.71. The second-order valence-electron chi connectivity index (χ2n) is 2.83. The lowest BCUT2D eigenvalue weighted by molar-refractivity contribution is 1.52. The van der Waals surface area contributed by atoms with Crippen molar-refractivity contribution in [3.63, 3.8) is 0 Å². The molecule has 1 aliphatic rings. The van der Waals surface area contributed by atoms with Crippen molar-refractivity contribution >= 4 is 12.2 Å². The van der Waals surface area contributed by atoms with Crippen molar-refractivity contribution in [1.29, 1.82) is 0 Å². The molecule has 0 heterocycles. The first kappa shape index (κ1) is 7.11. The second kappa shape index (κ2) is 2.82. The van der Waals surface area contributed by atoms with Crippen molar-refractivity contribution in [2.24, 2.45) is 0 Å². The lowest BCUT2D eigenvalue weighted by Crippen LogP contribution is -2.23. The molecule has 0 saturated heterocycles. The first-order chi connectivity index (χ1) is 5.88. The Kier molecular flexibility index (Phi) is 1.67. The van der Waals surface area contributed by atoms with Gasteiger partial charge >= 0.3 is 0 Å². The monoisotopic (exact) mass is 154 g/mol. The quantitative estimate of drug-likeness (QED) is 0.529. The molecular weight excluding hydrogens is 144 g/mol. The standard InChI is InChI=1S/C12H10/c1-10-6-2-5-9-12(10)11-7-3-4-8-11/h2-9H,1H2. The summed E-state index contributed by atoms with van der Waals surface area (Å²) in [4.78, 5) is 0. The van der Waals surface area contributed by atoms with Crippen LogP contribution in [-0.4, -0.2) is 0 Å². The van der Waals surface area contributed by atoms with Crippen molar-refractivity contribution in [1.82, 2.24) is 0 Å². The van der Waals surface area contributed by atoms with E-state index in [-0.39, 0.29) is 0 Å². The van der Waals surface area contributed by atoms with E-state index in [0.717, 1.165) is 5.22 Å². The molecule has 0 atom stereocenters. The smallest absolute Gasteiger partial charge is 0.0117 e. The van der Waals surface area contributed by atoms with Crippen LogP contribution in [0.1, 0.15) is 0 Å². The Balaban J connectivity index is 2.83. The summed E-state index contributed by atoms with van der Waals surface area (Å²) in [5, 5.41) is 2.31. The number of hydrogen-bond donors (Lipinski definition) is 0. The minimum Gasteiger partial charge on any atom is -0.0911 e. The van der Waals surface area contributed by atoms with Gasteiger partial charge < -0.3 is 0 Å². The predicted octanol–water partition coefficient (Wildman–Crippen LogP) is 1.37. The maximum atomic E-state index is 3.98. The van der Waals surface area contributed by atoms with Crippen molar-refractivity contribution in [3.05, 3.63) is 59.0 Å². The summed E-state index contributed by atoms with van der Waals surface area (Å²) < 4.78 is 0. The zero-order valence-corrected chi connectivity index (χ0v) is 6.83. The van der Waals surface area contributed by atoms with Gasteiger partial charge in [0.15, 0.2) is 0 Å². The van der Waals surface area contributed by atoms with Crippen LogP contribution >= 0.6 is 0 Å². The third kappa shape index (κ3) is 1.12. The molecule has 0 spiro atoms. The first-order valence-electron chi connectivity index (χ1n) is 4.01. The molecule has 58 valence electrons. The van der Waals surface area contributed by atoms with Crippen LogP contribution in [0.15, 0.2) is 48.6 Å². The fourth-order valence-electron chi connectivity index (χ4n) is 1.36. The minimum absolute atomic E-state index is 1.09. The SMILES string of the molecule is C=c1ccccc1=C1C=CC=C1. The van der Waals surface area contributed by atoms with Crippen LogP contribution in [-0.2, 0) is 0 Å². The Morgan fingerprint density at radius 1 is 0.917 bits per heavy atom. The zero-order valence-electron chi connectivity index (χ0n) is 6.83.